The van der Waals surface area contributed by atoms with E-state index in [0.29, 0.717) is 29.2 Å². The van der Waals surface area contributed by atoms with E-state index < -0.39 is 24.1 Å². The van der Waals surface area contributed by atoms with Gasteiger partial charge in [0.2, 0.25) is 0 Å². The topological polar surface area (TPSA) is 208 Å². The number of carbonyl (C=O) groups excluding carboxylic acids is 1. The van der Waals surface area contributed by atoms with E-state index in [1.54, 1.807) is 6.07 Å². The number of halogens is 1. The molecule has 34 heavy (non-hydrogen) atoms. The van der Waals surface area contributed by atoms with Gasteiger partial charge in [0.25, 0.3) is 5.91 Å². The summed E-state index contributed by atoms with van der Waals surface area (Å²) in [6, 6.07) is 2.16. The van der Waals surface area contributed by atoms with Crippen molar-refractivity contribution in [2.24, 2.45) is 0 Å². The second kappa shape index (κ2) is 14.7. The fourth-order valence-corrected chi connectivity index (χ4v) is 4.10. The minimum Gasteiger partial charge on any atom is -0.507 e. The number of carboxylic acids is 2. The number of amides is 1. The summed E-state index contributed by atoms with van der Waals surface area (Å²) in [4.78, 5) is 34.5. The van der Waals surface area contributed by atoms with E-state index in [9.17, 15) is 19.5 Å². The first-order chi connectivity index (χ1) is 15.5. The van der Waals surface area contributed by atoms with Gasteiger partial charge in [-0.05, 0) is 59.9 Å². The molecule has 0 radical (unpaired) electrons. The van der Waals surface area contributed by atoms with Crippen molar-refractivity contribution in [3.8, 4) is 11.5 Å². The number of likely N-dealkylation sites (N-methyl/N-ethyl adjacent to an activating group) is 1. The van der Waals surface area contributed by atoms with Crippen LogP contribution in [-0.2, 0) is 16.0 Å². The molecular weight excluding hydrogens is 520 g/mol. The lowest BCUT2D eigenvalue weighted by atomic mass is 10.0. The molecule has 0 aliphatic carbocycles. The molecule has 1 saturated heterocycles. The molecule has 3 unspecified atom stereocenters. The van der Waals surface area contributed by atoms with Crippen molar-refractivity contribution < 1.29 is 50.1 Å². The van der Waals surface area contributed by atoms with Gasteiger partial charge in [0.1, 0.15) is 17.1 Å². The molecule has 8 N–H and O–H groups in total. The Kier molecular flexibility index (Phi) is 13.7. The van der Waals surface area contributed by atoms with Crippen molar-refractivity contribution in [3.05, 3.63) is 21.7 Å². The minimum absolute atomic E-state index is 0. The number of aliphatic hydroxyl groups excluding tert-OH is 2. The van der Waals surface area contributed by atoms with Gasteiger partial charge in [0.05, 0.1) is 11.6 Å². The molecule has 1 aliphatic rings. The number of hydrogen-bond acceptors (Lipinski definition) is 8. The lowest BCUT2D eigenvalue weighted by molar-refractivity contribution is -0.165. The zero-order valence-electron chi connectivity index (χ0n) is 19.2. The Morgan fingerprint density at radius 1 is 1.21 bits per heavy atom. The second-order valence-electron chi connectivity index (χ2n) is 7.33. The zero-order chi connectivity index (χ0) is 25.3. The normalized spacial score (nSPS) is 16.9. The van der Waals surface area contributed by atoms with E-state index in [2.05, 4.69) is 33.1 Å². The van der Waals surface area contributed by atoms with Gasteiger partial charge in [-0.3, -0.25) is 9.69 Å². The summed E-state index contributed by atoms with van der Waals surface area (Å²) in [5, 5.41) is 45.9. The molecule has 12 nitrogen and oxygen atoms in total. The molecule has 13 heteroatoms. The average Bonchev–Trinajstić information content (AvgIpc) is 3.25. The van der Waals surface area contributed by atoms with Gasteiger partial charge >= 0.3 is 11.9 Å². The smallest absolute Gasteiger partial charge is 0.335 e. The molecule has 2 rings (SSSR count). The lowest BCUT2D eigenvalue weighted by Gasteiger charge is -2.23. The zero-order valence-corrected chi connectivity index (χ0v) is 20.8. The second-order valence-corrected chi connectivity index (χ2v) is 8.18. The number of aromatic hydroxyl groups is 1. The Morgan fingerprint density at radius 2 is 1.76 bits per heavy atom. The molecule has 0 spiro atoms. The molecule has 1 aromatic carbocycles. The van der Waals surface area contributed by atoms with Crippen molar-refractivity contribution in [3.63, 3.8) is 0 Å². The minimum atomic E-state index is -2.27. The lowest BCUT2D eigenvalue weighted by Crippen LogP contribution is -2.40. The Morgan fingerprint density at radius 3 is 2.21 bits per heavy atom. The molecule has 1 aromatic rings. The number of carboxylic acid groups (broad SMARTS) is 2. The number of aliphatic hydroxyl groups is 2. The number of nitrogens with zero attached hydrogens (tertiary/aromatic N) is 1. The standard InChI is InChI=1S/C17H25BrN2O3.C4H6O6.H2O/c1-4-11-9-13(18)16(23-3)14(15(11)21)17(22)19-10-12-7-6-8-20(12)5-2;5-1(3(7)8)2(6)4(9)10;/h9,12,21H,4-8,10H2,1-3H3,(H,19,22);1-2,5-6H,(H,7,8)(H,9,10);1H2. The van der Waals surface area contributed by atoms with E-state index >= 15 is 0 Å². The number of nitrogens with one attached hydrogen (secondary N) is 1. The van der Waals surface area contributed by atoms with Crippen molar-refractivity contribution in [2.45, 2.75) is 51.4 Å². The first kappa shape index (κ1) is 31.6. The third-order valence-corrected chi connectivity index (χ3v) is 5.90. The number of ether oxygens (including phenoxy) is 1. The van der Waals surface area contributed by atoms with E-state index in [4.69, 9.17) is 25.2 Å². The highest BCUT2D eigenvalue weighted by atomic mass is 79.9. The van der Waals surface area contributed by atoms with Gasteiger partial charge in [0, 0.05) is 12.6 Å². The number of aliphatic carboxylic acids is 2. The fourth-order valence-electron chi connectivity index (χ4n) is 3.47. The third kappa shape index (κ3) is 8.09. The summed E-state index contributed by atoms with van der Waals surface area (Å²) in [6.07, 6.45) is -1.63. The number of phenols is 1. The highest BCUT2D eigenvalue weighted by Crippen LogP contribution is 2.38. The summed E-state index contributed by atoms with van der Waals surface area (Å²) in [5.41, 5.74) is 0.929. The van der Waals surface area contributed by atoms with Crippen molar-refractivity contribution in [2.75, 3.05) is 26.7 Å². The first-order valence-corrected chi connectivity index (χ1v) is 11.2. The van der Waals surface area contributed by atoms with Crippen LogP contribution < -0.4 is 10.1 Å². The number of carbonyl (C=O) groups is 3. The van der Waals surface area contributed by atoms with Crippen molar-refractivity contribution >= 4 is 33.8 Å². The average molecular weight is 553 g/mol. The maximum Gasteiger partial charge on any atom is 0.335 e. The molecule has 1 amide bonds. The van der Waals surface area contributed by atoms with E-state index in [1.165, 1.54) is 13.5 Å². The van der Waals surface area contributed by atoms with Crippen LogP contribution in [0.2, 0.25) is 0 Å². The highest BCUT2D eigenvalue weighted by molar-refractivity contribution is 9.10. The van der Waals surface area contributed by atoms with Gasteiger partial charge in [-0.2, -0.15) is 0 Å². The van der Waals surface area contributed by atoms with Crippen molar-refractivity contribution in [1.29, 1.82) is 0 Å². The number of phenolic OH excluding ortho intramolecular Hbond substituents is 1. The van der Waals surface area contributed by atoms with Crippen LogP contribution in [0.3, 0.4) is 0 Å². The summed E-state index contributed by atoms with van der Waals surface area (Å²) in [6.45, 7) is 6.74. The maximum atomic E-state index is 12.6. The van der Waals surface area contributed by atoms with Gasteiger partial charge in [-0.1, -0.05) is 13.8 Å². The Labute approximate surface area is 205 Å². The number of likely N-dealkylation sites (tertiary alicyclic amines) is 1. The Hall–Kier alpha value is -2.45. The Bertz CT molecular complexity index is 833. The van der Waals surface area contributed by atoms with Crippen LogP contribution in [0, 0.1) is 0 Å². The van der Waals surface area contributed by atoms with Gasteiger partial charge in [-0.15, -0.1) is 0 Å². The SMILES string of the molecule is CCc1cc(Br)c(OC)c(C(=O)NCC2CCCN2CC)c1O.O.O=C(O)C(O)C(O)C(=O)O. The number of hydrogen-bond donors (Lipinski definition) is 6. The number of rotatable bonds is 9. The summed E-state index contributed by atoms with van der Waals surface area (Å²) < 4.78 is 5.99. The van der Waals surface area contributed by atoms with Crippen LogP contribution in [0.25, 0.3) is 0 Å². The summed E-state index contributed by atoms with van der Waals surface area (Å²) in [5.74, 6) is -3.46. The van der Waals surface area contributed by atoms with Crippen molar-refractivity contribution in [1.82, 2.24) is 10.2 Å². The van der Waals surface area contributed by atoms with E-state index in [0.717, 1.165) is 25.1 Å². The predicted octanol–water partition coefficient (Wildman–Crippen LogP) is -0.00750. The molecule has 194 valence electrons. The molecule has 0 aromatic heterocycles. The number of aryl methyl sites for hydroxylation is 1. The van der Waals surface area contributed by atoms with Gasteiger partial charge in [0.15, 0.2) is 12.2 Å². The maximum absolute atomic E-state index is 12.6. The molecule has 3 atom stereocenters. The fraction of sp³-hybridized carbons (Fsp3) is 0.571. The van der Waals surface area contributed by atoms with Gasteiger partial charge < -0.3 is 41.1 Å². The van der Waals surface area contributed by atoms with Crippen LogP contribution in [0.1, 0.15) is 42.6 Å². The van der Waals surface area contributed by atoms with E-state index in [1.807, 2.05) is 6.92 Å². The van der Waals surface area contributed by atoms with Gasteiger partial charge in [-0.25, -0.2) is 9.59 Å². The Balaban J connectivity index is 0.000000844. The molecular formula is C21H33BrN2O10. The summed E-state index contributed by atoms with van der Waals surface area (Å²) >= 11 is 3.42. The van der Waals surface area contributed by atoms with Crippen LogP contribution in [0.5, 0.6) is 11.5 Å². The molecule has 0 bridgehead atoms. The molecule has 1 fully saturated rings. The monoisotopic (exact) mass is 552 g/mol. The molecule has 1 aliphatic heterocycles. The largest absolute Gasteiger partial charge is 0.507 e. The number of benzene rings is 1. The van der Waals surface area contributed by atoms with Crippen LogP contribution in [-0.4, -0.2) is 98.7 Å². The number of methoxy groups -OCH3 is 1. The van der Waals surface area contributed by atoms with E-state index in [-0.39, 0.29) is 22.7 Å². The third-order valence-electron chi connectivity index (χ3n) is 5.31. The van der Waals surface area contributed by atoms with Crippen LogP contribution in [0.4, 0.5) is 0 Å². The quantitative estimate of drug-likeness (QED) is 0.241. The first-order valence-electron chi connectivity index (χ1n) is 10.4. The van der Waals surface area contributed by atoms with Crippen LogP contribution >= 0.6 is 15.9 Å². The molecule has 0 saturated carbocycles. The predicted molar refractivity (Wildman–Crippen MR) is 125 cm³/mol. The highest BCUT2D eigenvalue weighted by Gasteiger charge is 2.29. The molecule has 1 heterocycles. The summed E-state index contributed by atoms with van der Waals surface area (Å²) in [7, 11) is 1.50. The van der Waals surface area contributed by atoms with Crippen LogP contribution in [0.15, 0.2) is 10.5 Å².